The smallest absolute Gasteiger partial charge is 0.340 e. The van der Waals surface area contributed by atoms with Crippen molar-refractivity contribution < 1.29 is 32.2 Å². The number of hydrogen-bond acceptors (Lipinski definition) is 7. The number of nitrogens with zero attached hydrogens (tertiary/aromatic N) is 1. The van der Waals surface area contributed by atoms with E-state index in [1.807, 2.05) is 0 Å². The molecule has 1 atom stereocenters. The van der Waals surface area contributed by atoms with Gasteiger partial charge in [0.1, 0.15) is 11.5 Å². The fourth-order valence-electron chi connectivity index (χ4n) is 3.44. The van der Waals surface area contributed by atoms with Crippen molar-refractivity contribution in [1.29, 1.82) is 0 Å². The molecule has 2 aromatic rings. The molecule has 3 rings (SSSR count). The van der Waals surface area contributed by atoms with Gasteiger partial charge in [-0.3, -0.25) is 9.52 Å². The summed E-state index contributed by atoms with van der Waals surface area (Å²) in [5.74, 6) is -0.744. The van der Waals surface area contributed by atoms with Gasteiger partial charge in [0.25, 0.3) is 15.9 Å². The Bertz CT molecular complexity index is 1200. The van der Waals surface area contributed by atoms with Crippen LogP contribution >= 0.6 is 23.2 Å². The largest absolute Gasteiger partial charge is 0.495 e. The molecule has 1 heterocycles. The molecule has 0 spiro atoms. The molecule has 9 nitrogen and oxygen atoms in total. The van der Waals surface area contributed by atoms with Crippen molar-refractivity contribution in [3.05, 3.63) is 45.9 Å². The molecule has 34 heavy (non-hydrogen) atoms. The molecule has 0 aromatic heterocycles. The van der Waals surface area contributed by atoms with Crippen molar-refractivity contribution in [2.24, 2.45) is 0 Å². The zero-order chi connectivity index (χ0) is 25.0. The van der Waals surface area contributed by atoms with Crippen molar-refractivity contribution in [1.82, 2.24) is 4.90 Å². The summed E-state index contributed by atoms with van der Waals surface area (Å²) in [6.07, 6.45) is 0.760. The van der Waals surface area contributed by atoms with Gasteiger partial charge in [-0.05, 0) is 44.0 Å². The van der Waals surface area contributed by atoms with E-state index in [4.69, 9.17) is 37.4 Å². The molecule has 2 aromatic carbocycles. The summed E-state index contributed by atoms with van der Waals surface area (Å²) >= 11 is 12.2. The van der Waals surface area contributed by atoms with Crippen LogP contribution in [0.2, 0.25) is 10.0 Å². The first-order valence-corrected chi connectivity index (χ1v) is 12.5. The second-order valence-corrected chi connectivity index (χ2v) is 10.0. The Kier molecular flexibility index (Phi) is 8.17. The molecule has 0 aliphatic carbocycles. The van der Waals surface area contributed by atoms with Crippen LogP contribution in [0.25, 0.3) is 0 Å². The molecule has 1 aliphatic rings. The Labute approximate surface area is 207 Å². The van der Waals surface area contributed by atoms with Crippen LogP contribution in [0.4, 0.5) is 5.69 Å². The predicted octanol–water partition coefficient (Wildman–Crippen LogP) is 3.98. The molecule has 1 aliphatic heterocycles. The van der Waals surface area contributed by atoms with Gasteiger partial charge in [-0.2, -0.15) is 0 Å². The lowest BCUT2D eigenvalue weighted by molar-refractivity contribution is -0.138. The van der Waals surface area contributed by atoms with Crippen molar-refractivity contribution in [2.75, 3.05) is 32.0 Å². The van der Waals surface area contributed by atoms with Crippen molar-refractivity contribution in [3.63, 3.8) is 0 Å². The number of nitrogens with one attached hydrogen (secondary N) is 1. The van der Waals surface area contributed by atoms with Crippen molar-refractivity contribution in [3.8, 4) is 11.5 Å². The highest BCUT2D eigenvalue weighted by molar-refractivity contribution is 7.92. The zero-order valence-electron chi connectivity index (χ0n) is 18.8. The third kappa shape index (κ3) is 5.68. The van der Waals surface area contributed by atoms with Crippen LogP contribution in [0.5, 0.6) is 11.5 Å². The Morgan fingerprint density at radius 3 is 2.26 bits per heavy atom. The molecule has 0 radical (unpaired) electrons. The van der Waals surface area contributed by atoms with Crippen LogP contribution in [0.1, 0.15) is 30.1 Å². The number of anilines is 1. The first-order chi connectivity index (χ1) is 16.1. The average Bonchev–Trinajstić information content (AvgIpc) is 3.33. The molecule has 0 bridgehead atoms. The van der Waals surface area contributed by atoms with Gasteiger partial charge in [-0.25, -0.2) is 13.2 Å². The SMILES string of the molecule is COc1cc(OC)c(NS(=O)(=O)c2ccc(Cl)c(C(=O)O[C@@H](C)C(=O)N3CCCC3)c2)cc1Cl. The first-order valence-electron chi connectivity index (χ1n) is 10.3. The lowest BCUT2D eigenvalue weighted by Gasteiger charge is -2.20. The number of methoxy groups -OCH3 is 2. The number of rotatable bonds is 8. The molecule has 1 fully saturated rings. The summed E-state index contributed by atoms with van der Waals surface area (Å²) < 4.78 is 44.0. The molecular weight excluding hydrogens is 507 g/mol. The topological polar surface area (TPSA) is 111 Å². The Morgan fingerprint density at radius 2 is 1.65 bits per heavy atom. The van der Waals surface area contributed by atoms with Gasteiger partial charge in [0.2, 0.25) is 0 Å². The van der Waals surface area contributed by atoms with Gasteiger partial charge >= 0.3 is 5.97 Å². The summed E-state index contributed by atoms with van der Waals surface area (Å²) in [5.41, 5.74) is -0.123. The van der Waals surface area contributed by atoms with Crippen LogP contribution in [-0.4, -0.2) is 58.6 Å². The van der Waals surface area contributed by atoms with E-state index in [9.17, 15) is 18.0 Å². The summed E-state index contributed by atoms with van der Waals surface area (Å²) in [6.45, 7) is 2.69. The second kappa shape index (κ2) is 10.7. The average molecular weight is 531 g/mol. The highest BCUT2D eigenvalue weighted by atomic mass is 35.5. The zero-order valence-corrected chi connectivity index (χ0v) is 21.1. The molecular formula is C22H24Cl2N2O7S. The minimum Gasteiger partial charge on any atom is -0.495 e. The van der Waals surface area contributed by atoms with Gasteiger partial charge in [0.05, 0.1) is 40.4 Å². The van der Waals surface area contributed by atoms with Gasteiger partial charge in [-0.1, -0.05) is 23.2 Å². The fourth-order valence-corrected chi connectivity index (χ4v) is 4.96. The Balaban J connectivity index is 1.84. The Morgan fingerprint density at radius 1 is 1.00 bits per heavy atom. The van der Waals surface area contributed by atoms with E-state index >= 15 is 0 Å². The van der Waals surface area contributed by atoms with E-state index < -0.39 is 22.1 Å². The van der Waals surface area contributed by atoms with E-state index in [0.717, 1.165) is 18.9 Å². The molecule has 0 saturated carbocycles. The summed E-state index contributed by atoms with van der Waals surface area (Å²) in [4.78, 5) is 26.5. The number of carbonyl (C=O) groups excluding carboxylic acids is 2. The lowest BCUT2D eigenvalue weighted by atomic mass is 10.2. The van der Waals surface area contributed by atoms with Gasteiger partial charge in [-0.15, -0.1) is 0 Å². The second-order valence-electron chi connectivity index (χ2n) is 7.51. The number of ether oxygens (including phenoxy) is 3. The van der Waals surface area contributed by atoms with E-state index in [0.29, 0.717) is 18.8 Å². The minimum atomic E-state index is -4.18. The number of carbonyl (C=O) groups is 2. The van der Waals surface area contributed by atoms with Crippen LogP contribution in [-0.2, 0) is 19.6 Å². The summed E-state index contributed by atoms with van der Waals surface area (Å²) in [5, 5.41) is 0.146. The predicted molar refractivity (Wildman–Crippen MR) is 128 cm³/mol. The van der Waals surface area contributed by atoms with Crippen LogP contribution in [0.3, 0.4) is 0 Å². The molecule has 0 unspecified atom stereocenters. The van der Waals surface area contributed by atoms with Crippen molar-refractivity contribution >= 4 is 50.8 Å². The molecule has 12 heteroatoms. The van der Waals surface area contributed by atoms with E-state index in [1.54, 1.807) is 4.90 Å². The maximum atomic E-state index is 13.0. The maximum Gasteiger partial charge on any atom is 0.340 e. The number of benzene rings is 2. The molecule has 1 N–H and O–H groups in total. The molecule has 1 saturated heterocycles. The van der Waals surface area contributed by atoms with Crippen molar-refractivity contribution in [2.45, 2.75) is 30.8 Å². The number of sulfonamides is 1. The van der Waals surface area contributed by atoms with Crippen LogP contribution in [0.15, 0.2) is 35.2 Å². The monoisotopic (exact) mass is 530 g/mol. The van der Waals surface area contributed by atoms with E-state index in [1.165, 1.54) is 45.4 Å². The third-order valence-corrected chi connectivity index (χ3v) is 7.22. The third-order valence-electron chi connectivity index (χ3n) is 5.24. The summed E-state index contributed by atoms with van der Waals surface area (Å²) in [6, 6.07) is 6.35. The normalized spacial score (nSPS) is 14.4. The summed E-state index contributed by atoms with van der Waals surface area (Å²) in [7, 11) is -1.41. The number of halogens is 2. The lowest BCUT2D eigenvalue weighted by Crippen LogP contribution is -2.38. The Hall–Kier alpha value is -2.69. The van der Waals surface area contributed by atoms with E-state index in [-0.39, 0.29) is 37.8 Å². The highest BCUT2D eigenvalue weighted by Crippen LogP contribution is 2.37. The standard InChI is InChI=1S/C22H24Cl2N2O7S/c1-13(21(27)26-8-4-5-9-26)33-22(28)15-10-14(6-7-16(15)23)34(29,30)25-18-11-17(24)19(31-2)12-20(18)32-3/h6-7,10-13,25H,4-5,8-9H2,1-3H3/t13-/m0/s1. The van der Waals surface area contributed by atoms with Gasteiger partial charge in [0.15, 0.2) is 6.10 Å². The van der Waals surface area contributed by atoms with E-state index in [2.05, 4.69) is 4.72 Å². The molecule has 184 valence electrons. The quantitative estimate of drug-likeness (QED) is 0.513. The van der Waals surface area contributed by atoms with Crippen LogP contribution in [0, 0.1) is 0 Å². The van der Waals surface area contributed by atoms with Gasteiger partial charge in [0, 0.05) is 19.2 Å². The van der Waals surface area contributed by atoms with Crippen LogP contribution < -0.4 is 14.2 Å². The molecule has 1 amide bonds. The highest BCUT2D eigenvalue weighted by Gasteiger charge is 2.28. The first kappa shape index (κ1) is 25.9. The minimum absolute atomic E-state index is 0.0187. The number of esters is 1. The number of likely N-dealkylation sites (tertiary alicyclic amines) is 1. The number of hydrogen-bond donors (Lipinski definition) is 1. The fraction of sp³-hybridized carbons (Fsp3) is 0.364. The maximum absolute atomic E-state index is 13.0. The number of amides is 1. The van der Waals surface area contributed by atoms with Gasteiger partial charge < -0.3 is 19.1 Å².